The summed E-state index contributed by atoms with van der Waals surface area (Å²) in [6.45, 7) is 2.23. The van der Waals surface area contributed by atoms with Gasteiger partial charge in [-0.3, -0.25) is 0 Å². The number of halogens is 1. The van der Waals surface area contributed by atoms with Crippen molar-refractivity contribution in [3.63, 3.8) is 0 Å². The fourth-order valence-corrected chi connectivity index (χ4v) is 1.94. The average molecular weight is 346 g/mol. The Morgan fingerprint density at radius 2 is 1.90 bits per heavy atom. The molecule has 106 valence electrons. The standard InChI is InChI=1S/C16H12BrNO3/c1-2-20-15-9-11(10-18)3-8-14(15)21-16(19)12-4-6-13(17)7-5-12/h3-9H,2H2,1H3. The van der Waals surface area contributed by atoms with Gasteiger partial charge in [0.25, 0.3) is 0 Å². The third-order valence-electron chi connectivity index (χ3n) is 2.66. The zero-order valence-electron chi connectivity index (χ0n) is 11.3. The molecule has 0 unspecified atom stereocenters. The van der Waals surface area contributed by atoms with E-state index >= 15 is 0 Å². The molecule has 0 atom stereocenters. The van der Waals surface area contributed by atoms with E-state index in [0.717, 1.165) is 4.47 Å². The van der Waals surface area contributed by atoms with Crippen molar-refractivity contribution in [2.45, 2.75) is 6.92 Å². The van der Waals surface area contributed by atoms with Gasteiger partial charge < -0.3 is 9.47 Å². The van der Waals surface area contributed by atoms with E-state index in [1.165, 1.54) is 0 Å². The second-order valence-corrected chi connectivity index (χ2v) is 5.02. The van der Waals surface area contributed by atoms with Crippen LogP contribution in [0.2, 0.25) is 0 Å². The second-order valence-electron chi connectivity index (χ2n) is 4.10. The molecule has 2 aromatic rings. The average Bonchev–Trinajstić information content (AvgIpc) is 2.49. The summed E-state index contributed by atoms with van der Waals surface area (Å²) in [4.78, 5) is 12.1. The van der Waals surface area contributed by atoms with Gasteiger partial charge >= 0.3 is 5.97 Å². The summed E-state index contributed by atoms with van der Waals surface area (Å²) in [5, 5.41) is 8.89. The number of esters is 1. The number of nitriles is 1. The van der Waals surface area contributed by atoms with Gasteiger partial charge in [0.1, 0.15) is 0 Å². The summed E-state index contributed by atoms with van der Waals surface area (Å²) in [5.74, 6) is 0.193. The van der Waals surface area contributed by atoms with E-state index < -0.39 is 5.97 Å². The van der Waals surface area contributed by atoms with Gasteiger partial charge in [-0.15, -0.1) is 0 Å². The molecule has 0 saturated heterocycles. The molecule has 0 radical (unpaired) electrons. The summed E-state index contributed by atoms with van der Waals surface area (Å²) >= 11 is 3.31. The van der Waals surface area contributed by atoms with Gasteiger partial charge in [-0.2, -0.15) is 5.26 Å². The van der Waals surface area contributed by atoms with Gasteiger partial charge in [-0.05, 0) is 43.3 Å². The molecule has 2 rings (SSSR count). The number of rotatable bonds is 4. The molecule has 4 nitrogen and oxygen atoms in total. The topological polar surface area (TPSA) is 59.3 Å². The molecule has 0 fully saturated rings. The maximum Gasteiger partial charge on any atom is 0.343 e. The molecule has 0 N–H and O–H groups in total. The van der Waals surface area contributed by atoms with Crippen LogP contribution in [0, 0.1) is 11.3 Å². The van der Waals surface area contributed by atoms with Crippen molar-refractivity contribution in [1.82, 2.24) is 0 Å². The molecule has 0 aliphatic carbocycles. The fourth-order valence-electron chi connectivity index (χ4n) is 1.67. The monoisotopic (exact) mass is 345 g/mol. The smallest absolute Gasteiger partial charge is 0.343 e. The minimum absolute atomic E-state index is 0.295. The lowest BCUT2D eigenvalue weighted by Crippen LogP contribution is -2.09. The van der Waals surface area contributed by atoms with E-state index in [1.807, 2.05) is 13.0 Å². The lowest BCUT2D eigenvalue weighted by atomic mass is 10.2. The molecule has 0 heterocycles. The van der Waals surface area contributed by atoms with Crippen LogP contribution in [-0.4, -0.2) is 12.6 Å². The minimum atomic E-state index is -0.479. The maximum atomic E-state index is 12.1. The predicted octanol–water partition coefficient (Wildman–Crippen LogP) is 3.94. The summed E-state index contributed by atoms with van der Waals surface area (Å²) in [6.07, 6.45) is 0. The minimum Gasteiger partial charge on any atom is -0.490 e. The van der Waals surface area contributed by atoms with Crippen LogP contribution in [0.5, 0.6) is 11.5 Å². The fraction of sp³-hybridized carbons (Fsp3) is 0.125. The Morgan fingerprint density at radius 1 is 1.19 bits per heavy atom. The summed E-state index contributed by atoms with van der Waals surface area (Å²) in [6, 6.07) is 13.6. The Morgan fingerprint density at radius 3 is 2.52 bits per heavy atom. The van der Waals surface area contributed by atoms with Gasteiger partial charge in [0, 0.05) is 10.5 Å². The highest BCUT2D eigenvalue weighted by Crippen LogP contribution is 2.29. The largest absolute Gasteiger partial charge is 0.490 e. The zero-order valence-corrected chi connectivity index (χ0v) is 12.9. The van der Waals surface area contributed by atoms with Crippen LogP contribution in [-0.2, 0) is 0 Å². The van der Waals surface area contributed by atoms with Crippen LogP contribution < -0.4 is 9.47 Å². The highest BCUT2D eigenvalue weighted by Gasteiger charge is 2.13. The molecule has 0 aliphatic rings. The van der Waals surface area contributed by atoms with E-state index in [9.17, 15) is 4.79 Å². The molecule has 21 heavy (non-hydrogen) atoms. The zero-order chi connectivity index (χ0) is 15.2. The Labute approximate surface area is 131 Å². The molecule has 0 aliphatic heterocycles. The van der Waals surface area contributed by atoms with Gasteiger partial charge in [0.15, 0.2) is 11.5 Å². The van der Waals surface area contributed by atoms with Crippen LogP contribution in [0.25, 0.3) is 0 Å². The Balaban J connectivity index is 2.24. The van der Waals surface area contributed by atoms with Gasteiger partial charge in [0.2, 0.25) is 0 Å². The molecule has 0 aromatic heterocycles. The van der Waals surface area contributed by atoms with Crippen molar-refractivity contribution in [1.29, 1.82) is 5.26 Å². The number of hydrogen-bond acceptors (Lipinski definition) is 4. The Kier molecular flexibility index (Phi) is 4.96. The van der Waals surface area contributed by atoms with E-state index in [-0.39, 0.29) is 0 Å². The molecule has 0 bridgehead atoms. The predicted molar refractivity (Wildman–Crippen MR) is 81.4 cm³/mol. The van der Waals surface area contributed by atoms with Crippen molar-refractivity contribution in [3.8, 4) is 17.6 Å². The highest BCUT2D eigenvalue weighted by atomic mass is 79.9. The molecular weight excluding hydrogens is 334 g/mol. The third-order valence-corrected chi connectivity index (χ3v) is 3.18. The lowest BCUT2D eigenvalue weighted by molar-refractivity contribution is 0.0728. The quantitative estimate of drug-likeness (QED) is 0.622. The normalized spacial score (nSPS) is 9.76. The maximum absolute atomic E-state index is 12.1. The van der Waals surface area contributed by atoms with E-state index in [4.69, 9.17) is 14.7 Å². The lowest BCUT2D eigenvalue weighted by Gasteiger charge is -2.10. The number of carbonyl (C=O) groups excluding carboxylic acids is 1. The first kappa shape index (κ1) is 15.1. The number of benzene rings is 2. The molecule has 5 heteroatoms. The van der Waals surface area contributed by atoms with E-state index in [0.29, 0.717) is 29.2 Å². The van der Waals surface area contributed by atoms with Crippen molar-refractivity contribution >= 4 is 21.9 Å². The molecule has 0 spiro atoms. The second kappa shape index (κ2) is 6.91. The number of carbonyl (C=O) groups is 1. The van der Waals surface area contributed by atoms with Gasteiger partial charge in [-0.1, -0.05) is 15.9 Å². The first-order valence-corrected chi connectivity index (χ1v) is 7.08. The summed E-state index contributed by atoms with van der Waals surface area (Å²) in [5.41, 5.74) is 0.881. The number of ether oxygens (including phenoxy) is 2. The highest BCUT2D eigenvalue weighted by molar-refractivity contribution is 9.10. The Bertz CT molecular complexity index is 690. The molecule has 0 amide bonds. The van der Waals surface area contributed by atoms with Crippen LogP contribution in [0.1, 0.15) is 22.8 Å². The van der Waals surface area contributed by atoms with Crippen molar-refractivity contribution in [2.75, 3.05) is 6.61 Å². The van der Waals surface area contributed by atoms with Crippen LogP contribution >= 0.6 is 15.9 Å². The Hall–Kier alpha value is -2.32. The van der Waals surface area contributed by atoms with Crippen LogP contribution in [0.3, 0.4) is 0 Å². The molecular formula is C16H12BrNO3. The van der Waals surface area contributed by atoms with Gasteiger partial charge in [-0.25, -0.2) is 4.79 Å². The third kappa shape index (κ3) is 3.83. The summed E-state index contributed by atoms with van der Waals surface area (Å²) < 4.78 is 11.6. The summed E-state index contributed by atoms with van der Waals surface area (Å²) in [7, 11) is 0. The van der Waals surface area contributed by atoms with E-state index in [2.05, 4.69) is 15.9 Å². The molecule has 0 saturated carbocycles. The van der Waals surface area contributed by atoms with E-state index in [1.54, 1.807) is 42.5 Å². The number of hydrogen-bond donors (Lipinski definition) is 0. The molecule has 2 aromatic carbocycles. The SMILES string of the molecule is CCOc1cc(C#N)ccc1OC(=O)c1ccc(Br)cc1. The number of nitrogens with zero attached hydrogens (tertiary/aromatic N) is 1. The van der Waals surface area contributed by atoms with Crippen molar-refractivity contribution in [3.05, 3.63) is 58.1 Å². The van der Waals surface area contributed by atoms with Crippen molar-refractivity contribution in [2.24, 2.45) is 0 Å². The first-order chi connectivity index (χ1) is 10.1. The van der Waals surface area contributed by atoms with Crippen LogP contribution in [0.4, 0.5) is 0 Å². The van der Waals surface area contributed by atoms with Crippen LogP contribution in [0.15, 0.2) is 46.9 Å². The first-order valence-electron chi connectivity index (χ1n) is 6.28. The van der Waals surface area contributed by atoms with Crippen molar-refractivity contribution < 1.29 is 14.3 Å². The van der Waals surface area contributed by atoms with Gasteiger partial charge in [0.05, 0.1) is 23.8 Å².